The highest BCUT2D eigenvalue weighted by Crippen LogP contribution is 2.20. The smallest absolute Gasteiger partial charge is 0.188 e. The molecule has 1 aromatic carbocycles. The van der Waals surface area contributed by atoms with Crippen LogP contribution in [-0.4, -0.2) is 25.6 Å². The first kappa shape index (κ1) is 17.0. The Kier molecular flexibility index (Phi) is 9.98. The standard InChI is InChI=1S/C17H28O3/c1-19-15-20-17-13-9-8-12-16(17)11-7-5-3-2-4-6-10-14-18/h8-9,12-13,18H,2-7,10-11,14-15H2,1H3. The van der Waals surface area contributed by atoms with Crippen LogP contribution in [0.3, 0.4) is 0 Å². The van der Waals surface area contributed by atoms with Crippen molar-refractivity contribution in [2.24, 2.45) is 0 Å². The molecule has 1 N–H and O–H groups in total. The Morgan fingerprint density at radius 1 is 0.900 bits per heavy atom. The number of aliphatic hydroxyl groups excluding tert-OH is 1. The summed E-state index contributed by atoms with van der Waals surface area (Å²) in [5.41, 5.74) is 1.27. The topological polar surface area (TPSA) is 38.7 Å². The van der Waals surface area contributed by atoms with Crippen LogP contribution >= 0.6 is 0 Å². The summed E-state index contributed by atoms with van der Waals surface area (Å²) >= 11 is 0. The molecular weight excluding hydrogens is 252 g/mol. The molecule has 3 nitrogen and oxygen atoms in total. The SMILES string of the molecule is COCOc1ccccc1CCCCCCCCCO. The molecule has 0 spiro atoms. The van der Waals surface area contributed by atoms with Crippen LogP contribution in [0.2, 0.25) is 0 Å². The molecule has 114 valence electrons. The van der Waals surface area contributed by atoms with Gasteiger partial charge in [0.05, 0.1) is 0 Å². The third-order valence-corrected chi connectivity index (χ3v) is 3.41. The zero-order valence-electron chi connectivity index (χ0n) is 12.6. The van der Waals surface area contributed by atoms with Crippen molar-refractivity contribution in [3.63, 3.8) is 0 Å². The Morgan fingerprint density at radius 3 is 2.25 bits per heavy atom. The molecule has 0 aliphatic rings. The van der Waals surface area contributed by atoms with E-state index in [2.05, 4.69) is 12.1 Å². The van der Waals surface area contributed by atoms with Crippen LogP contribution in [0.4, 0.5) is 0 Å². The fourth-order valence-electron chi connectivity index (χ4n) is 2.28. The van der Waals surface area contributed by atoms with Crippen molar-refractivity contribution < 1.29 is 14.6 Å². The lowest BCUT2D eigenvalue weighted by atomic mass is 10.0. The molecule has 20 heavy (non-hydrogen) atoms. The van der Waals surface area contributed by atoms with Crippen LogP contribution in [0.1, 0.15) is 50.5 Å². The first-order valence-electron chi connectivity index (χ1n) is 7.69. The van der Waals surface area contributed by atoms with Crippen molar-refractivity contribution in [3.05, 3.63) is 29.8 Å². The van der Waals surface area contributed by atoms with Gasteiger partial charge in [-0.25, -0.2) is 0 Å². The summed E-state index contributed by atoms with van der Waals surface area (Å²) in [5, 5.41) is 8.70. The summed E-state index contributed by atoms with van der Waals surface area (Å²) < 4.78 is 10.5. The molecule has 0 heterocycles. The number of aryl methyl sites for hydroxylation is 1. The molecule has 0 saturated carbocycles. The van der Waals surface area contributed by atoms with Gasteiger partial charge in [0.25, 0.3) is 0 Å². The van der Waals surface area contributed by atoms with E-state index in [1.807, 2.05) is 12.1 Å². The van der Waals surface area contributed by atoms with Gasteiger partial charge in [-0.3, -0.25) is 0 Å². The van der Waals surface area contributed by atoms with Crippen molar-refractivity contribution in [3.8, 4) is 5.75 Å². The van der Waals surface area contributed by atoms with Gasteiger partial charge >= 0.3 is 0 Å². The molecule has 0 aliphatic heterocycles. The van der Waals surface area contributed by atoms with Crippen molar-refractivity contribution >= 4 is 0 Å². The number of unbranched alkanes of at least 4 members (excludes halogenated alkanes) is 6. The van der Waals surface area contributed by atoms with Gasteiger partial charge in [-0.05, 0) is 30.9 Å². The van der Waals surface area contributed by atoms with Crippen molar-refractivity contribution in [2.75, 3.05) is 20.5 Å². The van der Waals surface area contributed by atoms with Crippen LogP contribution in [0, 0.1) is 0 Å². The van der Waals surface area contributed by atoms with E-state index in [1.165, 1.54) is 37.7 Å². The first-order valence-corrected chi connectivity index (χ1v) is 7.69. The average Bonchev–Trinajstić information content (AvgIpc) is 2.49. The Hall–Kier alpha value is -1.06. The summed E-state index contributed by atoms with van der Waals surface area (Å²) in [6.45, 7) is 0.639. The van der Waals surface area contributed by atoms with Gasteiger partial charge in [-0.2, -0.15) is 0 Å². The Morgan fingerprint density at radius 2 is 1.55 bits per heavy atom. The van der Waals surface area contributed by atoms with E-state index in [4.69, 9.17) is 14.6 Å². The first-order chi connectivity index (χ1) is 9.88. The lowest BCUT2D eigenvalue weighted by molar-refractivity contribution is 0.0504. The van der Waals surface area contributed by atoms with Crippen LogP contribution in [0.25, 0.3) is 0 Å². The number of benzene rings is 1. The number of rotatable bonds is 12. The molecule has 3 heteroatoms. The normalized spacial score (nSPS) is 10.7. The molecule has 0 aromatic heterocycles. The Balaban J connectivity index is 2.15. The van der Waals surface area contributed by atoms with Crippen molar-refractivity contribution in [1.82, 2.24) is 0 Å². The van der Waals surface area contributed by atoms with Crippen LogP contribution in [0.5, 0.6) is 5.75 Å². The maximum atomic E-state index is 8.70. The zero-order valence-corrected chi connectivity index (χ0v) is 12.6. The Bertz CT molecular complexity index is 339. The van der Waals surface area contributed by atoms with Crippen molar-refractivity contribution in [1.29, 1.82) is 0 Å². The maximum Gasteiger partial charge on any atom is 0.188 e. The van der Waals surface area contributed by atoms with Gasteiger partial charge in [-0.1, -0.05) is 50.3 Å². The second-order valence-electron chi connectivity index (χ2n) is 5.11. The number of ether oxygens (including phenoxy) is 2. The number of para-hydroxylation sites is 1. The predicted molar refractivity (Wildman–Crippen MR) is 82.1 cm³/mol. The van der Waals surface area contributed by atoms with Gasteiger partial charge < -0.3 is 14.6 Å². The molecule has 0 fully saturated rings. The monoisotopic (exact) mass is 280 g/mol. The lowest BCUT2D eigenvalue weighted by Gasteiger charge is -2.10. The fourth-order valence-corrected chi connectivity index (χ4v) is 2.28. The average molecular weight is 280 g/mol. The third-order valence-electron chi connectivity index (χ3n) is 3.41. The second-order valence-corrected chi connectivity index (χ2v) is 5.11. The molecule has 0 unspecified atom stereocenters. The quantitative estimate of drug-likeness (QED) is 0.465. The molecule has 0 atom stereocenters. The highest BCUT2D eigenvalue weighted by molar-refractivity contribution is 5.33. The molecule has 0 bridgehead atoms. The van der Waals surface area contributed by atoms with E-state index < -0.39 is 0 Å². The van der Waals surface area contributed by atoms with Crippen LogP contribution in [0.15, 0.2) is 24.3 Å². The summed E-state index contributed by atoms with van der Waals surface area (Å²) in [6.07, 6.45) is 9.44. The largest absolute Gasteiger partial charge is 0.467 e. The summed E-state index contributed by atoms with van der Waals surface area (Å²) in [6, 6.07) is 8.19. The number of methoxy groups -OCH3 is 1. The van der Waals surface area contributed by atoms with Crippen LogP contribution in [-0.2, 0) is 11.2 Å². The highest BCUT2D eigenvalue weighted by Gasteiger charge is 2.02. The number of hydrogen-bond donors (Lipinski definition) is 1. The van der Waals surface area contributed by atoms with Gasteiger partial charge in [0.15, 0.2) is 6.79 Å². The van der Waals surface area contributed by atoms with E-state index in [0.29, 0.717) is 13.4 Å². The summed E-state index contributed by atoms with van der Waals surface area (Å²) in [5.74, 6) is 0.942. The second kappa shape index (κ2) is 11.7. The summed E-state index contributed by atoms with van der Waals surface area (Å²) in [4.78, 5) is 0. The number of aliphatic hydroxyl groups is 1. The van der Waals surface area contributed by atoms with Crippen LogP contribution < -0.4 is 4.74 Å². The minimum absolute atomic E-state index is 0.307. The van der Waals surface area contributed by atoms with E-state index in [0.717, 1.165) is 25.0 Å². The predicted octanol–water partition coefficient (Wildman–Crippen LogP) is 3.93. The molecule has 1 rings (SSSR count). The summed E-state index contributed by atoms with van der Waals surface area (Å²) in [7, 11) is 1.64. The molecule has 1 aromatic rings. The van der Waals surface area contributed by atoms with E-state index in [1.54, 1.807) is 7.11 Å². The molecule has 0 amide bonds. The molecule has 0 aliphatic carbocycles. The molecular formula is C17H28O3. The van der Waals surface area contributed by atoms with Gasteiger partial charge in [0, 0.05) is 13.7 Å². The van der Waals surface area contributed by atoms with Gasteiger partial charge in [0.1, 0.15) is 5.75 Å². The van der Waals surface area contributed by atoms with E-state index >= 15 is 0 Å². The highest BCUT2D eigenvalue weighted by atomic mass is 16.7. The van der Waals surface area contributed by atoms with E-state index in [-0.39, 0.29) is 0 Å². The van der Waals surface area contributed by atoms with Gasteiger partial charge in [-0.15, -0.1) is 0 Å². The zero-order chi connectivity index (χ0) is 14.5. The Labute approximate surface area is 122 Å². The van der Waals surface area contributed by atoms with Crippen molar-refractivity contribution in [2.45, 2.75) is 51.4 Å². The fraction of sp³-hybridized carbons (Fsp3) is 0.647. The molecule has 0 radical (unpaired) electrons. The minimum Gasteiger partial charge on any atom is -0.467 e. The molecule has 0 saturated heterocycles. The lowest BCUT2D eigenvalue weighted by Crippen LogP contribution is -2.01. The maximum absolute atomic E-state index is 8.70. The van der Waals surface area contributed by atoms with E-state index in [9.17, 15) is 0 Å². The minimum atomic E-state index is 0.307. The third kappa shape index (κ3) is 7.51. The number of hydrogen-bond acceptors (Lipinski definition) is 3. The van der Waals surface area contributed by atoms with Gasteiger partial charge in [0.2, 0.25) is 0 Å².